The standard InChI is InChI=1S/C16H25NO/c18-15-4-2-1-3-5-17(15)16-9-12-6-13(10-16)8-14(7-12)11-16/h12-14H,1-11H2. The first-order valence-electron chi connectivity index (χ1n) is 8.06. The van der Waals surface area contributed by atoms with Crippen LogP contribution < -0.4 is 0 Å². The Balaban J connectivity index is 1.64. The second-order valence-electron chi connectivity index (χ2n) is 7.50. The molecular weight excluding hydrogens is 222 g/mol. The minimum atomic E-state index is 0.316. The number of likely N-dealkylation sites (tertiary alicyclic amines) is 1. The van der Waals surface area contributed by atoms with E-state index in [9.17, 15) is 4.79 Å². The van der Waals surface area contributed by atoms with E-state index in [1.165, 1.54) is 51.4 Å². The van der Waals surface area contributed by atoms with E-state index in [4.69, 9.17) is 0 Å². The van der Waals surface area contributed by atoms with Crippen molar-refractivity contribution < 1.29 is 4.79 Å². The van der Waals surface area contributed by atoms with Crippen LogP contribution in [0.5, 0.6) is 0 Å². The lowest BCUT2D eigenvalue weighted by molar-refractivity contribution is -0.150. The lowest BCUT2D eigenvalue weighted by atomic mass is 9.52. The molecule has 4 bridgehead atoms. The van der Waals surface area contributed by atoms with Gasteiger partial charge in [-0.05, 0) is 69.1 Å². The van der Waals surface area contributed by atoms with Crippen molar-refractivity contribution in [2.45, 2.75) is 69.7 Å². The lowest BCUT2D eigenvalue weighted by Gasteiger charge is -2.60. The van der Waals surface area contributed by atoms with Crippen LogP contribution in [0.2, 0.25) is 0 Å². The molecule has 0 radical (unpaired) electrons. The van der Waals surface area contributed by atoms with Crippen LogP contribution in [0.15, 0.2) is 0 Å². The van der Waals surface area contributed by atoms with Gasteiger partial charge in [0, 0.05) is 18.5 Å². The molecule has 0 spiro atoms. The Morgan fingerprint density at radius 2 is 1.50 bits per heavy atom. The summed E-state index contributed by atoms with van der Waals surface area (Å²) in [5, 5.41) is 0. The van der Waals surface area contributed by atoms with Gasteiger partial charge in [-0.25, -0.2) is 0 Å². The van der Waals surface area contributed by atoms with Crippen molar-refractivity contribution in [1.82, 2.24) is 4.90 Å². The Labute approximate surface area is 110 Å². The molecule has 4 saturated carbocycles. The zero-order valence-corrected chi connectivity index (χ0v) is 11.4. The Kier molecular flexibility index (Phi) is 2.50. The van der Waals surface area contributed by atoms with Crippen molar-refractivity contribution in [3.8, 4) is 0 Å². The summed E-state index contributed by atoms with van der Waals surface area (Å²) >= 11 is 0. The molecule has 0 aromatic heterocycles. The second-order valence-corrected chi connectivity index (χ2v) is 7.50. The summed E-state index contributed by atoms with van der Waals surface area (Å²) in [5.74, 6) is 3.33. The number of hydrogen-bond acceptors (Lipinski definition) is 1. The fourth-order valence-corrected chi connectivity index (χ4v) is 5.88. The topological polar surface area (TPSA) is 20.3 Å². The van der Waals surface area contributed by atoms with Crippen LogP contribution in [-0.2, 0) is 4.79 Å². The number of carbonyl (C=O) groups excluding carboxylic acids is 1. The molecule has 1 saturated heterocycles. The van der Waals surface area contributed by atoms with Crippen LogP contribution in [0.25, 0.3) is 0 Å². The maximum atomic E-state index is 12.5. The van der Waals surface area contributed by atoms with Crippen LogP contribution in [0.3, 0.4) is 0 Å². The van der Waals surface area contributed by atoms with Crippen LogP contribution in [-0.4, -0.2) is 22.9 Å². The third-order valence-corrected chi connectivity index (χ3v) is 6.15. The number of hydrogen-bond donors (Lipinski definition) is 0. The third-order valence-electron chi connectivity index (χ3n) is 6.15. The molecule has 0 N–H and O–H groups in total. The molecule has 18 heavy (non-hydrogen) atoms. The summed E-state index contributed by atoms with van der Waals surface area (Å²) in [4.78, 5) is 14.8. The zero-order valence-electron chi connectivity index (χ0n) is 11.4. The van der Waals surface area contributed by atoms with Crippen LogP contribution in [0.1, 0.15) is 64.2 Å². The fraction of sp³-hybridized carbons (Fsp3) is 0.938. The Hall–Kier alpha value is -0.530. The van der Waals surface area contributed by atoms with E-state index >= 15 is 0 Å². The van der Waals surface area contributed by atoms with Crippen molar-refractivity contribution in [1.29, 1.82) is 0 Å². The summed E-state index contributed by atoms with van der Waals surface area (Å²) in [7, 11) is 0. The molecule has 2 nitrogen and oxygen atoms in total. The van der Waals surface area contributed by atoms with Gasteiger partial charge in [0.05, 0.1) is 0 Å². The Morgan fingerprint density at radius 3 is 2.11 bits per heavy atom. The molecule has 0 unspecified atom stereocenters. The van der Waals surface area contributed by atoms with Crippen molar-refractivity contribution >= 4 is 5.91 Å². The van der Waals surface area contributed by atoms with Gasteiger partial charge in [0.15, 0.2) is 0 Å². The Morgan fingerprint density at radius 1 is 0.889 bits per heavy atom. The van der Waals surface area contributed by atoms with E-state index in [1.807, 2.05) is 0 Å². The highest BCUT2D eigenvalue weighted by Crippen LogP contribution is 2.58. The van der Waals surface area contributed by atoms with E-state index in [-0.39, 0.29) is 0 Å². The molecule has 0 aromatic carbocycles. The number of rotatable bonds is 1. The van der Waals surface area contributed by atoms with Gasteiger partial charge in [-0.2, -0.15) is 0 Å². The maximum Gasteiger partial charge on any atom is 0.223 e. The summed E-state index contributed by atoms with van der Waals surface area (Å²) in [6.45, 7) is 1.06. The number of carbonyl (C=O) groups is 1. The van der Waals surface area contributed by atoms with Gasteiger partial charge < -0.3 is 4.90 Å². The van der Waals surface area contributed by atoms with Gasteiger partial charge in [0.2, 0.25) is 5.91 Å². The average molecular weight is 247 g/mol. The van der Waals surface area contributed by atoms with Crippen molar-refractivity contribution in [2.24, 2.45) is 17.8 Å². The number of amides is 1. The second kappa shape index (κ2) is 3.98. The van der Waals surface area contributed by atoms with Crippen LogP contribution in [0, 0.1) is 17.8 Å². The molecule has 5 rings (SSSR count). The third kappa shape index (κ3) is 1.64. The maximum absolute atomic E-state index is 12.5. The molecule has 1 aliphatic heterocycles. The van der Waals surface area contributed by atoms with Crippen molar-refractivity contribution in [2.75, 3.05) is 6.54 Å². The van der Waals surface area contributed by atoms with E-state index in [0.717, 1.165) is 37.1 Å². The predicted molar refractivity (Wildman–Crippen MR) is 71.1 cm³/mol. The fourth-order valence-electron chi connectivity index (χ4n) is 5.88. The lowest BCUT2D eigenvalue weighted by Crippen LogP contribution is -2.61. The quantitative estimate of drug-likeness (QED) is 0.696. The smallest absolute Gasteiger partial charge is 0.223 e. The van der Waals surface area contributed by atoms with Crippen LogP contribution >= 0.6 is 0 Å². The summed E-state index contributed by atoms with van der Waals surface area (Å²) in [6, 6.07) is 0. The van der Waals surface area contributed by atoms with E-state index < -0.39 is 0 Å². The molecule has 1 amide bonds. The van der Waals surface area contributed by atoms with Crippen LogP contribution in [0.4, 0.5) is 0 Å². The molecule has 1 heterocycles. The van der Waals surface area contributed by atoms with Gasteiger partial charge in [0.1, 0.15) is 0 Å². The first kappa shape index (κ1) is 11.3. The molecule has 4 aliphatic carbocycles. The molecular formula is C16H25NO. The predicted octanol–water partition coefficient (Wildman–Crippen LogP) is 3.36. The molecule has 0 atom stereocenters. The first-order chi connectivity index (χ1) is 8.75. The summed E-state index contributed by atoms with van der Waals surface area (Å²) < 4.78 is 0. The van der Waals surface area contributed by atoms with Gasteiger partial charge in [-0.3, -0.25) is 4.79 Å². The molecule has 5 fully saturated rings. The van der Waals surface area contributed by atoms with Gasteiger partial charge in [-0.1, -0.05) is 6.42 Å². The highest BCUT2D eigenvalue weighted by Gasteiger charge is 2.54. The van der Waals surface area contributed by atoms with E-state index in [1.54, 1.807) is 0 Å². The van der Waals surface area contributed by atoms with E-state index in [0.29, 0.717) is 11.4 Å². The molecule has 5 aliphatic rings. The largest absolute Gasteiger partial charge is 0.337 e. The monoisotopic (exact) mass is 247 g/mol. The van der Waals surface area contributed by atoms with E-state index in [2.05, 4.69) is 4.90 Å². The van der Waals surface area contributed by atoms with Crippen molar-refractivity contribution in [3.63, 3.8) is 0 Å². The minimum absolute atomic E-state index is 0.316. The average Bonchev–Trinajstić information content (AvgIpc) is 2.52. The normalized spacial score (nSPS) is 47.4. The highest BCUT2D eigenvalue weighted by atomic mass is 16.2. The SMILES string of the molecule is O=C1CCCCCN1C12CC3CC(CC(C3)C1)C2. The minimum Gasteiger partial charge on any atom is -0.337 e. The molecule has 2 heteroatoms. The van der Waals surface area contributed by atoms with Gasteiger partial charge >= 0.3 is 0 Å². The summed E-state index contributed by atoms with van der Waals surface area (Å²) in [5.41, 5.74) is 0.316. The van der Waals surface area contributed by atoms with Gasteiger partial charge in [-0.15, -0.1) is 0 Å². The summed E-state index contributed by atoms with van der Waals surface area (Å²) in [6.07, 6.45) is 12.9. The molecule has 0 aromatic rings. The highest BCUT2D eigenvalue weighted by molar-refractivity contribution is 5.77. The first-order valence-corrected chi connectivity index (χ1v) is 8.06. The molecule has 100 valence electrons. The van der Waals surface area contributed by atoms with Crippen molar-refractivity contribution in [3.05, 3.63) is 0 Å². The Bertz CT molecular complexity index is 327. The number of nitrogens with zero attached hydrogens (tertiary/aromatic N) is 1. The van der Waals surface area contributed by atoms with Gasteiger partial charge in [0.25, 0.3) is 0 Å². The zero-order chi connectivity index (χ0) is 12.2.